The van der Waals surface area contributed by atoms with Gasteiger partial charge in [0.1, 0.15) is 0 Å². The Hall–Kier alpha value is -1.40. The van der Waals surface area contributed by atoms with Crippen LogP contribution in [0, 0.1) is 5.41 Å². The predicted octanol–water partition coefficient (Wildman–Crippen LogP) is -0.278. The Balaban J connectivity index is 2.08. The lowest BCUT2D eigenvalue weighted by Crippen LogP contribution is -2.47. The second kappa shape index (κ2) is 3.88. The van der Waals surface area contributed by atoms with Gasteiger partial charge in [0.2, 0.25) is 5.91 Å². The fourth-order valence-electron chi connectivity index (χ4n) is 1.68. The molecule has 2 unspecified atom stereocenters. The molecule has 0 spiro atoms. The van der Waals surface area contributed by atoms with Crippen molar-refractivity contribution in [3.63, 3.8) is 0 Å². The van der Waals surface area contributed by atoms with Crippen molar-refractivity contribution >= 4 is 11.6 Å². The van der Waals surface area contributed by atoms with E-state index in [-0.39, 0.29) is 11.9 Å². The summed E-state index contributed by atoms with van der Waals surface area (Å²) in [6.07, 6.45) is 3.34. The number of carbonyl (C=O) groups excluding carboxylic acids is 1. The van der Waals surface area contributed by atoms with Crippen LogP contribution in [0.5, 0.6) is 0 Å². The summed E-state index contributed by atoms with van der Waals surface area (Å²) in [6.45, 7) is 2.60. The first-order chi connectivity index (χ1) is 7.52. The molecule has 1 aromatic heterocycles. The fraction of sp³-hybridized carbons (Fsp3) is 0.600. The lowest BCUT2D eigenvalue weighted by Gasteiger charge is -2.24. The molecule has 0 aromatic carbocycles. The minimum atomic E-state index is -0.657. The van der Waals surface area contributed by atoms with E-state index in [1.807, 2.05) is 6.92 Å². The van der Waals surface area contributed by atoms with Gasteiger partial charge in [0.05, 0.1) is 30.5 Å². The summed E-state index contributed by atoms with van der Waals surface area (Å²) in [4.78, 5) is 12.0. The van der Waals surface area contributed by atoms with Crippen LogP contribution in [0.3, 0.4) is 0 Å². The number of hydrogen-bond acceptors (Lipinski definition) is 4. The van der Waals surface area contributed by atoms with E-state index in [1.54, 1.807) is 24.1 Å². The van der Waals surface area contributed by atoms with Crippen molar-refractivity contribution in [2.75, 3.05) is 18.5 Å². The van der Waals surface area contributed by atoms with Crippen molar-refractivity contribution in [1.29, 1.82) is 0 Å². The molecule has 0 bridgehead atoms. The molecule has 1 saturated heterocycles. The second-order valence-electron chi connectivity index (χ2n) is 4.40. The maximum atomic E-state index is 12.0. The highest BCUT2D eigenvalue weighted by molar-refractivity contribution is 5.95. The molecule has 3 N–H and O–H groups in total. The van der Waals surface area contributed by atoms with E-state index >= 15 is 0 Å². The van der Waals surface area contributed by atoms with E-state index in [9.17, 15) is 4.79 Å². The predicted molar refractivity (Wildman–Crippen MR) is 58.7 cm³/mol. The van der Waals surface area contributed by atoms with Crippen molar-refractivity contribution in [3.05, 3.63) is 12.4 Å². The standard InChI is InChI=1S/C10H16N4O2/c1-10(6-16-5-8(10)11)9(15)13-7-3-12-14(2)4-7/h3-4,8H,5-6,11H2,1-2H3,(H,13,15). The zero-order chi connectivity index (χ0) is 11.8. The number of nitrogens with zero attached hydrogens (tertiary/aromatic N) is 2. The minimum absolute atomic E-state index is 0.120. The van der Waals surface area contributed by atoms with E-state index < -0.39 is 5.41 Å². The van der Waals surface area contributed by atoms with Gasteiger partial charge in [-0.2, -0.15) is 5.10 Å². The van der Waals surface area contributed by atoms with Gasteiger partial charge in [0.25, 0.3) is 0 Å². The van der Waals surface area contributed by atoms with E-state index in [0.717, 1.165) is 0 Å². The first-order valence-corrected chi connectivity index (χ1v) is 5.16. The third kappa shape index (κ3) is 1.81. The molecule has 1 aliphatic rings. The first kappa shape index (κ1) is 11.1. The van der Waals surface area contributed by atoms with Crippen molar-refractivity contribution in [2.24, 2.45) is 18.2 Å². The highest BCUT2D eigenvalue weighted by atomic mass is 16.5. The minimum Gasteiger partial charge on any atom is -0.379 e. The summed E-state index contributed by atoms with van der Waals surface area (Å²) >= 11 is 0. The summed E-state index contributed by atoms with van der Waals surface area (Å²) in [5.74, 6) is -0.120. The number of nitrogens with one attached hydrogen (secondary N) is 1. The number of aromatic nitrogens is 2. The van der Waals surface area contributed by atoms with Crippen molar-refractivity contribution in [3.8, 4) is 0 Å². The van der Waals surface area contributed by atoms with Crippen LogP contribution in [0.4, 0.5) is 5.69 Å². The Labute approximate surface area is 93.8 Å². The third-order valence-corrected chi connectivity index (χ3v) is 3.00. The summed E-state index contributed by atoms with van der Waals surface area (Å²) in [7, 11) is 1.79. The number of rotatable bonds is 2. The van der Waals surface area contributed by atoms with Crippen LogP contribution in [0.1, 0.15) is 6.92 Å². The third-order valence-electron chi connectivity index (χ3n) is 3.00. The highest BCUT2D eigenvalue weighted by Gasteiger charge is 2.44. The lowest BCUT2D eigenvalue weighted by atomic mass is 9.85. The van der Waals surface area contributed by atoms with Crippen molar-refractivity contribution < 1.29 is 9.53 Å². The maximum Gasteiger partial charge on any atom is 0.234 e. The lowest BCUT2D eigenvalue weighted by molar-refractivity contribution is -0.125. The van der Waals surface area contributed by atoms with Gasteiger partial charge in [-0.25, -0.2) is 0 Å². The zero-order valence-corrected chi connectivity index (χ0v) is 9.43. The molecule has 88 valence electrons. The maximum absolute atomic E-state index is 12.0. The zero-order valence-electron chi connectivity index (χ0n) is 9.43. The molecule has 1 fully saturated rings. The quantitative estimate of drug-likeness (QED) is 0.724. The monoisotopic (exact) mass is 224 g/mol. The van der Waals surface area contributed by atoms with E-state index in [1.165, 1.54) is 0 Å². The largest absolute Gasteiger partial charge is 0.379 e. The molecule has 1 amide bonds. The van der Waals surface area contributed by atoms with Crippen LogP contribution in [-0.2, 0) is 16.6 Å². The summed E-state index contributed by atoms with van der Waals surface area (Å²) < 4.78 is 6.86. The van der Waals surface area contributed by atoms with Gasteiger partial charge in [0.15, 0.2) is 0 Å². The topological polar surface area (TPSA) is 82.2 Å². The Morgan fingerprint density at radius 3 is 3.06 bits per heavy atom. The highest BCUT2D eigenvalue weighted by Crippen LogP contribution is 2.28. The Morgan fingerprint density at radius 2 is 2.56 bits per heavy atom. The van der Waals surface area contributed by atoms with Gasteiger partial charge in [-0.3, -0.25) is 9.48 Å². The van der Waals surface area contributed by atoms with Crippen LogP contribution in [0.15, 0.2) is 12.4 Å². The number of amides is 1. The average Bonchev–Trinajstić information content (AvgIpc) is 2.76. The molecule has 2 rings (SSSR count). The summed E-state index contributed by atoms with van der Waals surface area (Å²) in [6, 6.07) is -0.260. The summed E-state index contributed by atoms with van der Waals surface area (Å²) in [5.41, 5.74) is 5.88. The van der Waals surface area contributed by atoms with Gasteiger partial charge >= 0.3 is 0 Å². The molecule has 2 atom stereocenters. The number of nitrogens with two attached hydrogens (primary N) is 1. The van der Waals surface area contributed by atoms with Gasteiger partial charge in [0, 0.05) is 19.3 Å². The first-order valence-electron chi connectivity index (χ1n) is 5.16. The van der Waals surface area contributed by atoms with Crippen LogP contribution in [-0.4, -0.2) is 34.9 Å². The van der Waals surface area contributed by atoms with Crippen LogP contribution in [0.25, 0.3) is 0 Å². The number of anilines is 1. The van der Waals surface area contributed by atoms with E-state index in [2.05, 4.69) is 10.4 Å². The molecule has 0 saturated carbocycles. The Bertz CT molecular complexity index is 403. The Kier molecular flexibility index (Phi) is 2.69. The molecule has 1 aliphatic heterocycles. The van der Waals surface area contributed by atoms with Crippen LogP contribution in [0.2, 0.25) is 0 Å². The fourth-order valence-corrected chi connectivity index (χ4v) is 1.68. The van der Waals surface area contributed by atoms with Crippen molar-refractivity contribution in [1.82, 2.24) is 9.78 Å². The van der Waals surface area contributed by atoms with Crippen LogP contribution >= 0.6 is 0 Å². The molecular formula is C10H16N4O2. The van der Waals surface area contributed by atoms with E-state index in [4.69, 9.17) is 10.5 Å². The molecule has 16 heavy (non-hydrogen) atoms. The summed E-state index contributed by atoms with van der Waals surface area (Å²) in [5, 5.41) is 6.77. The number of carbonyl (C=O) groups is 1. The molecular weight excluding hydrogens is 208 g/mol. The van der Waals surface area contributed by atoms with E-state index in [0.29, 0.717) is 18.9 Å². The number of ether oxygens (including phenoxy) is 1. The van der Waals surface area contributed by atoms with Gasteiger partial charge in [-0.05, 0) is 6.92 Å². The van der Waals surface area contributed by atoms with Gasteiger partial charge in [-0.15, -0.1) is 0 Å². The average molecular weight is 224 g/mol. The molecule has 0 aliphatic carbocycles. The van der Waals surface area contributed by atoms with Crippen LogP contribution < -0.4 is 11.1 Å². The number of aryl methyl sites for hydroxylation is 1. The number of hydrogen-bond donors (Lipinski definition) is 2. The molecule has 6 nitrogen and oxygen atoms in total. The van der Waals surface area contributed by atoms with Crippen molar-refractivity contribution in [2.45, 2.75) is 13.0 Å². The Morgan fingerprint density at radius 1 is 1.81 bits per heavy atom. The normalized spacial score (nSPS) is 29.3. The molecule has 0 radical (unpaired) electrons. The van der Waals surface area contributed by atoms with Gasteiger partial charge < -0.3 is 15.8 Å². The molecule has 1 aromatic rings. The second-order valence-corrected chi connectivity index (χ2v) is 4.40. The molecule has 6 heteroatoms. The molecule has 2 heterocycles. The smallest absolute Gasteiger partial charge is 0.234 e. The SMILES string of the molecule is Cn1cc(NC(=O)C2(C)COCC2N)cn1. The van der Waals surface area contributed by atoms with Gasteiger partial charge in [-0.1, -0.05) is 0 Å².